The van der Waals surface area contributed by atoms with Crippen LogP contribution < -0.4 is 14.8 Å². The van der Waals surface area contributed by atoms with Crippen molar-refractivity contribution in [2.75, 3.05) is 19.0 Å². The number of ether oxygens (including phenoxy) is 3. The normalized spacial score (nSPS) is 11.2. The second-order valence-electron chi connectivity index (χ2n) is 6.43. The zero-order valence-electron chi connectivity index (χ0n) is 17.2. The molecule has 1 N–H and O–H groups in total. The molecule has 1 atom stereocenters. The zero-order chi connectivity index (χ0) is 22.3. The fourth-order valence-corrected chi connectivity index (χ4v) is 2.56. The van der Waals surface area contributed by atoms with Crippen molar-refractivity contribution in [3.8, 4) is 11.5 Å². The summed E-state index contributed by atoms with van der Waals surface area (Å²) in [5, 5.41) is 2.58. The zero-order valence-corrected chi connectivity index (χ0v) is 17.2. The van der Waals surface area contributed by atoms with Crippen LogP contribution in [0.25, 0.3) is 0 Å². The average Bonchev–Trinajstić information content (AvgIpc) is 2.72. The van der Waals surface area contributed by atoms with Gasteiger partial charge in [0.15, 0.2) is 35.8 Å². The van der Waals surface area contributed by atoms with Crippen molar-refractivity contribution in [3.05, 3.63) is 53.6 Å². The topological polar surface area (TPSA) is 108 Å². The lowest BCUT2D eigenvalue weighted by atomic mass is 10.1. The molecule has 1 amide bonds. The minimum atomic E-state index is -1.11. The monoisotopic (exact) mass is 413 g/mol. The number of nitrogens with one attached hydrogen (secondary N) is 1. The molecule has 0 heterocycles. The number of para-hydroxylation sites is 1. The van der Waals surface area contributed by atoms with E-state index < -0.39 is 24.6 Å². The molecule has 0 saturated heterocycles. The highest BCUT2D eigenvalue weighted by molar-refractivity contribution is 6.04. The molecule has 0 bridgehead atoms. The number of hydrogen-bond donors (Lipinski definition) is 1. The first-order chi connectivity index (χ1) is 14.2. The molecule has 8 nitrogen and oxygen atoms in total. The number of carbonyl (C=O) groups excluding carboxylic acids is 4. The van der Waals surface area contributed by atoms with Crippen molar-refractivity contribution < 1.29 is 33.4 Å². The molecule has 0 aromatic heterocycles. The number of rotatable bonds is 9. The Bertz CT molecular complexity index is 968. The van der Waals surface area contributed by atoms with Crippen LogP contribution >= 0.6 is 0 Å². The Morgan fingerprint density at radius 1 is 0.967 bits per heavy atom. The van der Waals surface area contributed by atoms with Crippen molar-refractivity contribution in [1.82, 2.24) is 0 Å². The molecule has 2 aromatic carbocycles. The van der Waals surface area contributed by atoms with Crippen molar-refractivity contribution >= 4 is 29.1 Å². The van der Waals surface area contributed by atoms with Gasteiger partial charge in [-0.05, 0) is 51.1 Å². The summed E-state index contributed by atoms with van der Waals surface area (Å²) in [4.78, 5) is 47.4. The summed E-state index contributed by atoms with van der Waals surface area (Å²) >= 11 is 0. The second kappa shape index (κ2) is 10.2. The van der Waals surface area contributed by atoms with E-state index in [0.29, 0.717) is 22.6 Å². The van der Waals surface area contributed by atoms with Crippen LogP contribution in [0.5, 0.6) is 11.5 Å². The van der Waals surface area contributed by atoms with Crippen LogP contribution in [0.2, 0.25) is 0 Å². The van der Waals surface area contributed by atoms with E-state index in [0.717, 1.165) is 0 Å². The highest BCUT2D eigenvalue weighted by atomic mass is 16.6. The van der Waals surface area contributed by atoms with Crippen LogP contribution in [-0.2, 0) is 14.3 Å². The largest absolute Gasteiger partial charge is 0.493 e. The van der Waals surface area contributed by atoms with Crippen molar-refractivity contribution in [2.45, 2.75) is 26.9 Å². The van der Waals surface area contributed by atoms with Gasteiger partial charge in [-0.3, -0.25) is 14.4 Å². The van der Waals surface area contributed by atoms with Crippen LogP contribution in [0.1, 0.15) is 41.5 Å². The predicted molar refractivity (Wildman–Crippen MR) is 109 cm³/mol. The number of anilines is 1. The number of ketones is 2. The number of benzene rings is 2. The lowest BCUT2D eigenvalue weighted by molar-refractivity contribution is -0.155. The molecular formula is C22H23NO7. The Hall–Kier alpha value is -3.68. The molecule has 0 fully saturated rings. The van der Waals surface area contributed by atoms with Crippen molar-refractivity contribution in [3.63, 3.8) is 0 Å². The van der Waals surface area contributed by atoms with E-state index >= 15 is 0 Å². The molecular weight excluding hydrogens is 390 g/mol. The van der Waals surface area contributed by atoms with E-state index in [1.54, 1.807) is 30.3 Å². The van der Waals surface area contributed by atoms with Crippen molar-refractivity contribution in [2.24, 2.45) is 0 Å². The molecule has 0 saturated carbocycles. The third-order valence-electron chi connectivity index (χ3n) is 4.16. The van der Waals surface area contributed by atoms with E-state index in [4.69, 9.17) is 14.2 Å². The highest BCUT2D eigenvalue weighted by Gasteiger charge is 2.20. The number of amides is 1. The van der Waals surface area contributed by atoms with Gasteiger partial charge < -0.3 is 19.5 Å². The molecule has 30 heavy (non-hydrogen) atoms. The number of Topliss-reactive ketones (excluding diaryl/α,β-unsaturated/α-hetero) is 2. The minimum absolute atomic E-state index is 0.134. The summed E-state index contributed by atoms with van der Waals surface area (Å²) in [6, 6.07) is 11.1. The smallest absolute Gasteiger partial charge is 0.344 e. The SMILES string of the molecule is COc1cc(C(C)=O)ccc1OCC(=O)O[C@H](C)C(=O)Nc1ccccc1C(C)=O. The molecule has 0 aliphatic carbocycles. The van der Waals surface area contributed by atoms with Gasteiger partial charge in [0.05, 0.1) is 12.8 Å². The highest BCUT2D eigenvalue weighted by Crippen LogP contribution is 2.28. The molecule has 0 aliphatic heterocycles. The van der Waals surface area contributed by atoms with Crippen LogP contribution in [0.3, 0.4) is 0 Å². The summed E-state index contributed by atoms with van der Waals surface area (Å²) < 4.78 is 15.6. The molecule has 2 rings (SSSR count). The van der Waals surface area contributed by atoms with Gasteiger partial charge in [-0.1, -0.05) is 12.1 Å². The third kappa shape index (κ3) is 5.91. The molecule has 0 unspecified atom stereocenters. The fraction of sp³-hybridized carbons (Fsp3) is 0.273. The van der Waals surface area contributed by atoms with Crippen LogP contribution in [-0.4, -0.2) is 43.3 Å². The Labute approximate surface area is 174 Å². The van der Waals surface area contributed by atoms with Gasteiger partial charge in [-0.15, -0.1) is 0 Å². The van der Waals surface area contributed by atoms with Crippen LogP contribution in [0, 0.1) is 0 Å². The van der Waals surface area contributed by atoms with Gasteiger partial charge in [-0.2, -0.15) is 0 Å². The van der Waals surface area contributed by atoms with Crippen LogP contribution in [0.4, 0.5) is 5.69 Å². The summed E-state index contributed by atoms with van der Waals surface area (Å²) in [5.41, 5.74) is 1.14. The average molecular weight is 413 g/mol. The molecule has 0 aliphatic rings. The van der Waals surface area contributed by atoms with Gasteiger partial charge in [0.2, 0.25) is 0 Å². The van der Waals surface area contributed by atoms with Gasteiger partial charge in [-0.25, -0.2) is 4.79 Å². The van der Waals surface area contributed by atoms with E-state index in [-0.39, 0.29) is 17.3 Å². The minimum Gasteiger partial charge on any atom is -0.493 e. The van der Waals surface area contributed by atoms with Gasteiger partial charge in [0.25, 0.3) is 5.91 Å². The van der Waals surface area contributed by atoms with E-state index in [1.807, 2.05) is 0 Å². The number of methoxy groups -OCH3 is 1. The Balaban J connectivity index is 1.94. The summed E-state index contributed by atoms with van der Waals surface area (Å²) in [6.07, 6.45) is -1.11. The fourth-order valence-electron chi connectivity index (χ4n) is 2.56. The lowest BCUT2D eigenvalue weighted by Gasteiger charge is -2.16. The van der Waals surface area contributed by atoms with Crippen LogP contribution in [0.15, 0.2) is 42.5 Å². The maximum Gasteiger partial charge on any atom is 0.344 e. The Morgan fingerprint density at radius 3 is 2.30 bits per heavy atom. The Morgan fingerprint density at radius 2 is 1.67 bits per heavy atom. The number of hydrogen-bond acceptors (Lipinski definition) is 7. The summed E-state index contributed by atoms with van der Waals surface area (Å²) in [6.45, 7) is 3.76. The van der Waals surface area contributed by atoms with Gasteiger partial charge >= 0.3 is 5.97 Å². The molecule has 8 heteroatoms. The van der Waals surface area contributed by atoms with E-state index in [2.05, 4.69) is 5.32 Å². The number of carbonyl (C=O) groups is 4. The third-order valence-corrected chi connectivity index (χ3v) is 4.16. The van der Waals surface area contributed by atoms with E-state index in [1.165, 1.54) is 40.0 Å². The first-order valence-electron chi connectivity index (χ1n) is 9.15. The molecule has 158 valence electrons. The van der Waals surface area contributed by atoms with Gasteiger partial charge in [0, 0.05) is 11.1 Å². The first kappa shape index (κ1) is 22.6. The summed E-state index contributed by atoms with van der Waals surface area (Å²) in [7, 11) is 1.41. The maximum atomic E-state index is 12.3. The summed E-state index contributed by atoms with van der Waals surface area (Å²) in [5.74, 6) is -1.14. The maximum absolute atomic E-state index is 12.3. The Kier molecular flexibility index (Phi) is 7.69. The predicted octanol–water partition coefficient (Wildman–Crippen LogP) is 3.05. The van der Waals surface area contributed by atoms with Crippen molar-refractivity contribution in [1.29, 1.82) is 0 Å². The molecule has 2 aromatic rings. The first-order valence-corrected chi connectivity index (χ1v) is 9.15. The van der Waals surface area contributed by atoms with Gasteiger partial charge in [0.1, 0.15) is 0 Å². The quantitative estimate of drug-likeness (QED) is 0.497. The number of esters is 1. The molecule has 0 radical (unpaired) electrons. The standard InChI is InChI=1S/C22H23NO7/c1-13(24)16-9-10-19(20(11-16)28-4)29-12-21(26)30-15(3)22(27)23-18-8-6-5-7-17(18)14(2)25/h5-11,15H,12H2,1-4H3,(H,23,27)/t15-/m1/s1. The second-order valence-corrected chi connectivity index (χ2v) is 6.43. The van der Waals surface area contributed by atoms with E-state index in [9.17, 15) is 19.2 Å². The molecule has 0 spiro atoms. The lowest BCUT2D eigenvalue weighted by Crippen LogP contribution is -2.32.